The first kappa shape index (κ1) is 16.4. The number of aromatic nitrogens is 1. The highest BCUT2D eigenvalue weighted by molar-refractivity contribution is 6.22. The van der Waals surface area contributed by atoms with Crippen LogP contribution in [-0.4, -0.2) is 48.6 Å². The van der Waals surface area contributed by atoms with Crippen LogP contribution in [0.25, 0.3) is 0 Å². The predicted molar refractivity (Wildman–Crippen MR) is 83.0 cm³/mol. The van der Waals surface area contributed by atoms with E-state index in [1.54, 1.807) is 0 Å². The molecule has 1 aromatic rings. The van der Waals surface area contributed by atoms with Gasteiger partial charge in [0.05, 0.1) is 5.70 Å². The number of rotatable bonds is 8. The standard InChI is InChI=1S/C16H23N3O3/c1-4-13-18-14-12(20)10-11(15(21)16(14)22-13)17-8-6-5-7-9-19(2)3/h10,17H,4-9H2,1-3H3. The average molecular weight is 305 g/mol. The Morgan fingerprint density at radius 1 is 1.23 bits per heavy atom. The van der Waals surface area contributed by atoms with Crippen LogP contribution in [-0.2, 0) is 6.42 Å². The Balaban J connectivity index is 1.87. The van der Waals surface area contributed by atoms with Crippen molar-refractivity contribution in [3.8, 4) is 0 Å². The summed E-state index contributed by atoms with van der Waals surface area (Å²) in [5.74, 6) is -0.0623. The average Bonchev–Trinajstić information content (AvgIpc) is 2.92. The number of hydrogen-bond acceptors (Lipinski definition) is 6. The van der Waals surface area contributed by atoms with Crippen molar-refractivity contribution >= 4 is 11.6 Å². The van der Waals surface area contributed by atoms with Gasteiger partial charge in [0.1, 0.15) is 0 Å². The van der Waals surface area contributed by atoms with Gasteiger partial charge in [-0.05, 0) is 33.5 Å². The topological polar surface area (TPSA) is 75.4 Å². The molecule has 1 aliphatic rings. The van der Waals surface area contributed by atoms with Crippen molar-refractivity contribution in [1.29, 1.82) is 0 Å². The number of carbonyl (C=O) groups is 2. The van der Waals surface area contributed by atoms with Crippen LogP contribution in [0.15, 0.2) is 16.2 Å². The maximum atomic E-state index is 12.3. The molecule has 0 spiro atoms. The number of fused-ring (bicyclic) bond motifs is 1. The molecular weight excluding hydrogens is 282 g/mol. The monoisotopic (exact) mass is 305 g/mol. The lowest BCUT2D eigenvalue weighted by atomic mass is 10.0. The number of oxazole rings is 1. The quantitative estimate of drug-likeness (QED) is 0.738. The molecule has 0 fully saturated rings. The fraction of sp³-hybridized carbons (Fsp3) is 0.562. The van der Waals surface area contributed by atoms with Gasteiger partial charge in [0, 0.05) is 19.0 Å². The number of nitrogens with one attached hydrogen (secondary N) is 1. The summed E-state index contributed by atoms with van der Waals surface area (Å²) < 4.78 is 5.37. The molecule has 0 aromatic carbocycles. The van der Waals surface area contributed by atoms with E-state index in [2.05, 4.69) is 29.3 Å². The molecule has 0 saturated heterocycles. The normalized spacial score (nSPS) is 14.3. The fourth-order valence-electron chi connectivity index (χ4n) is 2.31. The lowest BCUT2D eigenvalue weighted by Gasteiger charge is -2.12. The molecule has 1 aliphatic carbocycles. The van der Waals surface area contributed by atoms with Crippen LogP contribution in [0.3, 0.4) is 0 Å². The molecule has 0 aliphatic heterocycles. The van der Waals surface area contributed by atoms with Crippen LogP contribution in [0, 0.1) is 0 Å². The number of Topliss-reactive ketones (excluding diaryl/α,β-unsaturated/α-hetero) is 1. The van der Waals surface area contributed by atoms with E-state index in [0.717, 1.165) is 25.8 Å². The van der Waals surface area contributed by atoms with Gasteiger partial charge >= 0.3 is 0 Å². The van der Waals surface area contributed by atoms with E-state index >= 15 is 0 Å². The second-order valence-corrected chi connectivity index (χ2v) is 5.68. The van der Waals surface area contributed by atoms with Gasteiger partial charge in [0.15, 0.2) is 11.6 Å². The second-order valence-electron chi connectivity index (χ2n) is 5.68. The Kier molecular flexibility index (Phi) is 5.49. The molecule has 1 aromatic heterocycles. The zero-order chi connectivity index (χ0) is 16.1. The van der Waals surface area contributed by atoms with Gasteiger partial charge in [-0.2, -0.15) is 0 Å². The highest BCUT2D eigenvalue weighted by Crippen LogP contribution is 2.21. The highest BCUT2D eigenvalue weighted by atomic mass is 16.4. The van der Waals surface area contributed by atoms with Gasteiger partial charge in [0.25, 0.3) is 0 Å². The lowest BCUT2D eigenvalue weighted by Crippen LogP contribution is -2.27. The maximum absolute atomic E-state index is 12.3. The minimum atomic E-state index is -0.282. The van der Waals surface area contributed by atoms with E-state index in [9.17, 15) is 9.59 Å². The number of unbranched alkanes of at least 4 members (excludes halogenated alkanes) is 2. The number of ketones is 2. The van der Waals surface area contributed by atoms with Crippen molar-refractivity contribution in [2.24, 2.45) is 0 Å². The molecule has 0 radical (unpaired) electrons. The SMILES string of the molecule is CCc1nc2c(o1)C(=O)C(NCCCCCN(C)C)=CC2=O. The van der Waals surface area contributed by atoms with Gasteiger partial charge in [-0.15, -0.1) is 0 Å². The van der Waals surface area contributed by atoms with Gasteiger partial charge < -0.3 is 14.6 Å². The fourth-order valence-corrected chi connectivity index (χ4v) is 2.31. The first-order valence-electron chi connectivity index (χ1n) is 7.72. The van der Waals surface area contributed by atoms with E-state index in [-0.39, 0.29) is 23.0 Å². The Morgan fingerprint density at radius 2 is 2.00 bits per heavy atom. The third-order valence-electron chi connectivity index (χ3n) is 3.53. The number of carbonyl (C=O) groups excluding carboxylic acids is 2. The smallest absolute Gasteiger partial charge is 0.246 e. The van der Waals surface area contributed by atoms with Gasteiger partial charge in [-0.1, -0.05) is 13.3 Å². The van der Waals surface area contributed by atoms with E-state index < -0.39 is 0 Å². The van der Waals surface area contributed by atoms with Crippen LogP contribution in [0.1, 0.15) is 53.1 Å². The molecule has 0 saturated carbocycles. The summed E-state index contributed by atoms with van der Waals surface area (Å²) in [6, 6.07) is 0. The molecule has 22 heavy (non-hydrogen) atoms. The molecule has 120 valence electrons. The third-order valence-corrected chi connectivity index (χ3v) is 3.53. The summed E-state index contributed by atoms with van der Waals surface area (Å²) >= 11 is 0. The number of aryl methyl sites for hydroxylation is 1. The molecule has 6 heteroatoms. The van der Waals surface area contributed by atoms with Crippen molar-refractivity contribution in [1.82, 2.24) is 15.2 Å². The third kappa shape index (κ3) is 3.82. The molecular formula is C16H23N3O3. The molecule has 1 heterocycles. The lowest BCUT2D eigenvalue weighted by molar-refractivity contribution is 0.0955. The van der Waals surface area contributed by atoms with Gasteiger partial charge in [0.2, 0.25) is 17.3 Å². The van der Waals surface area contributed by atoms with E-state index in [1.165, 1.54) is 6.08 Å². The van der Waals surface area contributed by atoms with Crippen LogP contribution in [0.5, 0.6) is 0 Å². The number of nitrogens with zero attached hydrogens (tertiary/aromatic N) is 2. The zero-order valence-electron chi connectivity index (χ0n) is 13.4. The van der Waals surface area contributed by atoms with Crippen molar-refractivity contribution in [2.45, 2.75) is 32.6 Å². The molecule has 0 unspecified atom stereocenters. The van der Waals surface area contributed by atoms with Crippen LogP contribution < -0.4 is 5.32 Å². The maximum Gasteiger partial charge on any atom is 0.246 e. The number of allylic oxidation sites excluding steroid dienone is 2. The van der Waals surface area contributed by atoms with Crippen molar-refractivity contribution in [3.63, 3.8) is 0 Å². The summed E-state index contributed by atoms with van der Waals surface area (Å²) in [5, 5.41) is 3.05. The minimum Gasteiger partial charge on any atom is -0.436 e. The summed E-state index contributed by atoms with van der Waals surface area (Å²) in [6.45, 7) is 3.59. The first-order valence-corrected chi connectivity index (χ1v) is 7.72. The van der Waals surface area contributed by atoms with Crippen molar-refractivity contribution in [3.05, 3.63) is 29.1 Å². The molecule has 0 bridgehead atoms. The summed E-state index contributed by atoms with van der Waals surface area (Å²) in [5.41, 5.74) is 0.447. The van der Waals surface area contributed by atoms with Gasteiger partial charge in [-0.3, -0.25) is 9.59 Å². The molecule has 6 nitrogen and oxygen atoms in total. The first-order chi connectivity index (χ1) is 10.5. The number of hydrogen-bond donors (Lipinski definition) is 1. The van der Waals surface area contributed by atoms with Crippen molar-refractivity contribution in [2.75, 3.05) is 27.2 Å². The Labute approximate surface area is 130 Å². The van der Waals surface area contributed by atoms with E-state index in [0.29, 0.717) is 24.6 Å². The van der Waals surface area contributed by atoms with Crippen LogP contribution in [0.4, 0.5) is 0 Å². The second kappa shape index (κ2) is 7.35. The summed E-state index contributed by atoms with van der Waals surface area (Å²) in [7, 11) is 4.10. The summed E-state index contributed by atoms with van der Waals surface area (Å²) in [6.07, 6.45) is 5.03. The van der Waals surface area contributed by atoms with E-state index in [4.69, 9.17) is 4.42 Å². The van der Waals surface area contributed by atoms with Gasteiger partial charge in [-0.25, -0.2) is 4.98 Å². The Bertz CT molecular complexity index is 587. The summed E-state index contributed by atoms with van der Waals surface area (Å²) in [4.78, 5) is 30.5. The minimum absolute atomic E-state index is 0.0689. The molecule has 0 amide bonds. The largest absolute Gasteiger partial charge is 0.436 e. The predicted octanol–water partition coefficient (Wildman–Crippen LogP) is 1.82. The Hall–Kier alpha value is -1.95. The van der Waals surface area contributed by atoms with Crippen molar-refractivity contribution < 1.29 is 14.0 Å². The zero-order valence-corrected chi connectivity index (χ0v) is 13.4. The van der Waals surface area contributed by atoms with E-state index in [1.807, 2.05) is 6.92 Å². The molecule has 2 rings (SSSR count). The molecule has 1 N–H and O–H groups in total. The molecule has 0 atom stereocenters. The Morgan fingerprint density at radius 3 is 2.68 bits per heavy atom. The van der Waals surface area contributed by atoms with Crippen LogP contribution in [0.2, 0.25) is 0 Å². The van der Waals surface area contributed by atoms with Crippen LogP contribution >= 0.6 is 0 Å². The highest BCUT2D eigenvalue weighted by Gasteiger charge is 2.31.